The molecule has 90 valence electrons. The van der Waals surface area contributed by atoms with Gasteiger partial charge in [-0.05, 0) is 29.7 Å². The van der Waals surface area contributed by atoms with Gasteiger partial charge >= 0.3 is 0 Å². The van der Waals surface area contributed by atoms with E-state index in [1.54, 1.807) is 6.07 Å². The Morgan fingerprint density at radius 1 is 1.06 bits per heavy atom. The van der Waals surface area contributed by atoms with Crippen molar-refractivity contribution in [1.29, 1.82) is 0 Å². The summed E-state index contributed by atoms with van der Waals surface area (Å²) in [5.41, 5.74) is 3.18. The predicted octanol–water partition coefficient (Wildman–Crippen LogP) is 4.45. The van der Waals surface area contributed by atoms with Gasteiger partial charge in [0.15, 0.2) is 5.78 Å². The highest BCUT2D eigenvalue weighted by molar-refractivity contribution is 6.31. The van der Waals surface area contributed by atoms with Crippen LogP contribution in [0.5, 0.6) is 0 Å². The summed E-state index contributed by atoms with van der Waals surface area (Å²) in [4.78, 5) is 12.0. The molecule has 1 nitrogen and oxygen atoms in total. The molecule has 3 rings (SSSR count). The Hall–Kier alpha value is -1.60. The summed E-state index contributed by atoms with van der Waals surface area (Å²) in [7, 11) is 0. The summed E-state index contributed by atoms with van der Waals surface area (Å²) >= 11 is 5.98. The first-order valence-corrected chi connectivity index (χ1v) is 6.51. The number of carbonyl (C=O) groups excluding carboxylic acids is 1. The molecule has 1 atom stereocenters. The van der Waals surface area contributed by atoms with Crippen LogP contribution in [0.1, 0.15) is 40.2 Å². The van der Waals surface area contributed by atoms with Gasteiger partial charge in [-0.2, -0.15) is 0 Å². The molecule has 2 heteroatoms. The van der Waals surface area contributed by atoms with Crippen LogP contribution in [0.2, 0.25) is 5.02 Å². The zero-order chi connectivity index (χ0) is 12.5. The van der Waals surface area contributed by atoms with Gasteiger partial charge in [0.25, 0.3) is 0 Å². The number of fused-ring (bicyclic) bond motifs is 1. The van der Waals surface area contributed by atoms with Crippen LogP contribution >= 0.6 is 11.6 Å². The molecule has 0 N–H and O–H groups in total. The number of halogens is 1. The third-order valence-corrected chi connectivity index (χ3v) is 3.79. The van der Waals surface area contributed by atoms with E-state index in [9.17, 15) is 4.79 Å². The van der Waals surface area contributed by atoms with Crippen molar-refractivity contribution in [2.75, 3.05) is 0 Å². The van der Waals surface area contributed by atoms with Crippen molar-refractivity contribution >= 4 is 17.4 Å². The van der Waals surface area contributed by atoms with Crippen LogP contribution in [0.4, 0.5) is 0 Å². The first kappa shape index (κ1) is 11.5. The van der Waals surface area contributed by atoms with Gasteiger partial charge < -0.3 is 0 Å². The van der Waals surface area contributed by atoms with Crippen LogP contribution in [-0.4, -0.2) is 5.78 Å². The standard InChI is InChI=1S/C16H13ClO/c17-12-6-7-14-13(11-4-2-1-3-5-11)8-9-16(18)15(14)10-12/h1-7,10,13H,8-9H2/t13-/m0/s1. The van der Waals surface area contributed by atoms with Gasteiger partial charge in [-0.3, -0.25) is 4.79 Å². The van der Waals surface area contributed by atoms with Crippen molar-refractivity contribution in [2.45, 2.75) is 18.8 Å². The van der Waals surface area contributed by atoms with Crippen LogP contribution in [0, 0.1) is 0 Å². The predicted molar refractivity (Wildman–Crippen MR) is 73.3 cm³/mol. The van der Waals surface area contributed by atoms with Gasteiger partial charge in [0.2, 0.25) is 0 Å². The summed E-state index contributed by atoms with van der Waals surface area (Å²) < 4.78 is 0. The molecule has 0 aliphatic heterocycles. The number of Topliss-reactive ketones (excluding diaryl/α,β-unsaturated/α-hetero) is 1. The van der Waals surface area contributed by atoms with E-state index < -0.39 is 0 Å². The van der Waals surface area contributed by atoms with Crippen molar-refractivity contribution < 1.29 is 4.79 Å². The van der Waals surface area contributed by atoms with E-state index in [1.165, 1.54) is 5.56 Å². The number of hydrogen-bond acceptors (Lipinski definition) is 1. The second-order valence-electron chi connectivity index (χ2n) is 4.66. The van der Waals surface area contributed by atoms with Crippen LogP contribution in [0.15, 0.2) is 48.5 Å². The average Bonchev–Trinajstić information content (AvgIpc) is 2.41. The number of ketones is 1. The zero-order valence-electron chi connectivity index (χ0n) is 9.90. The zero-order valence-corrected chi connectivity index (χ0v) is 10.7. The highest BCUT2D eigenvalue weighted by Gasteiger charge is 2.26. The Morgan fingerprint density at radius 3 is 2.61 bits per heavy atom. The Kier molecular flexibility index (Phi) is 2.92. The third-order valence-electron chi connectivity index (χ3n) is 3.55. The summed E-state index contributed by atoms with van der Waals surface area (Å²) in [6.07, 6.45) is 1.49. The van der Waals surface area contributed by atoms with Crippen molar-refractivity contribution in [2.24, 2.45) is 0 Å². The van der Waals surface area contributed by atoms with Gasteiger partial charge in [0, 0.05) is 22.9 Å². The maximum absolute atomic E-state index is 12.0. The van der Waals surface area contributed by atoms with E-state index in [1.807, 2.05) is 30.3 Å². The van der Waals surface area contributed by atoms with Crippen molar-refractivity contribution in [3.05, 3.63) is 70.2 Å². The fraction of sp³-hybridized carbons (Fsp3) is 0.188. The number of rotatable bonds is 1. The second kappa shape index (κ2) is 4.58. The lowest BCUT2D eigenvalue weighted by molar-refractivity contribution is 0.0969. The molecule has 0 radical (unpaired) electrons. The summed E-state index contributed by atoms with van der Waals surface area (Å²) in [5.74, 6) is 0.524. The van der Waals surface area contributed by atoms with Crippen molar-refractivity contribution in [1.82, 2.24) is 0 Å². The first-order valence-electron chi connectivity index (χ1n) is 6.13. The molecule has 1 aliphatic rings. The molecule has 0 saturated carbocycles. The van der Waals surface area contributed by atoms with Crippen LogP contribution in [-0.2, 0) is 0 Å². The molecular formula is C16H13ClO. The molecule has 2 aromatic rings. The molecule has 0 amide bonds. The monoisotopic (exact) mass is 256 g/mol. The van der Waals surface area contributed by atoms with Gasteiger partial charge in [-0.15, -0.1) is 0 Å². The normalized spacial score (nSPS) is 18.5. The highest BCUT2D eigenvalue weighted by Crippen LogP contribution is 2.37. The minimum atomic E-state index is 0.208. The number of benzene rings is 2. The van der Waals surface area contributed by atoms with E-state index in [0.717, 1.165) is 17.5 Å². The quantitative estimate of drug-likeness (QED) is 0.737. The molecular weight excluding hydrogens is 244 g/mol. The summed E-state index contributed by atoms with van der Waals surface area (Å²) in [5, 5.41) is 0.635. The van der Waals surface area contributed by atoms with E-state index in [2.05, 4.69) is 12.1 Å². The third kappa shape index (κ3) is 1.95. The smallest absolute Gasteiger partial charge is 0.163 e. The molecule has 0 aromatic heterocycles. The summed E-state index contributed by atoms with van der Waals surface area (Å²) in [6.45, 7) is 0. The SMILES string of the molecule is O=C1CC[C@@H](c2ccccc2)c2ccc(Cl)cc21. The van der Waals surface area contributed by atoms with Gasteiger partial charge in [0.05, 0.1) is 0 Å². The van der Waals surface area contributed by atoms with Crippen LogP contribution in [0.3, 0.4) is 0 Å². The van der Waals surface area contributed by atoms with E-state index in [0.29, 0.717) is 17.4 Å². The molecule has 18 heavy (non-hydrogen) atoms. The molecule has 0 fully saturated rings. The Balaban J connectivity index is 2.11. The maximum Gasteiger partial charge on any atom is 0.163 e. The van der Waals surface area contributed by atoms with Gasteiger partial charge in [0.1, 0.15) is 0 Å². The summed E-state index contributed by atoms with van der Waals surface area (Å²) in [6, 6.07) is 16.0. The molecule has 1 aliphatic carbocycles. The van der Waals surface area contributed by atoms with E-state index in [4.69, 9.17) is 11.6 Å². The van der Waals surface area contributed by atoms with Crippen LogP contribution < -0.4 is 0 Å². The Labute approximate surface area is 111 Å². The second-order valence-corrected chi connectivity index (χ2v) is 5.09. The Morgan fingerprint density at radius 2 is 1.83 bits per heavy atom. The average molecular weight is 257 g/mol. The largest absolute Gasteiger partial charge is 0.294 e. The van der Waals surface area contributed by atoms with Crippen LogP contribution in [0.25, 0.3) is 0 Å². The van der Waals surface area contributed by atoms with Crippen molar-refractivity contribution in [3.8, 4) is 0 Å². The minimum absolute atomic E-state index is 0.208. The topological polar surface area (TPSA) is 17.1 Å². The maximum atomic E-state index is 12.0. The van der Waals surface area contributed by atoms with E-state index >= 15 is 0 Å². The molecule has 0 spiro atoms. The number of carbonyl (C=O) groups is 1. The lowest BCUT2D eigenvalue weighted by Gasteiger charge is -2.25. The molecule has 2 aromatic carbocycles. The highest BCUT2D eigenvalue weighted by atomic mass is 35.5. The molecule has 0 bridgehead atoms. The fourth-order valence-corrected chi connectivity index (χ4v) is 2.84. The molecule has 0 unspecified atom stereocenters. The molecule has 0 saturated heterocycles. The van der Waals surface area contributed by atoms with E-state index in [-0.39, 0.29) is 5.78 Å². The van der Waals surface area contributed by atoms with Crippen molar-refractivity contribution in [3.63, 3.8) is 0 Å². The first-order chi connectivity index (χ1) is 8.75. The van der Waals surface area contributed by atoms with Gasteiger partial charge in [-0.1, -0.05) is 48.0 Å². The minimum Gasteiger partial charge on any atom is -0.294 e. The lowest BCUT2D eigenvalue weighted by atomic mass is 9.78. The fourth-order valence-electron chi connectivity index (χ4n) is 2.67. The number of hydrogen-bond donors (Lipinski definition) is 0. The lowest BCUT2D eigenvalue weighted by Crippen LogP contribution is -2.16. The molecule has 0 heterocycles. The Bertz CT molecular complexity index is 589. The van der Waals surface area contributed by atoms with Gasteiger partial charge in [-0.25, -0.2) is 0 Å².